The first kappa shape index (κ1) is 13.1. The summed E-state index contributed by atoms with van der Waals surface area (Å²) in [7, 11) is 0. The molecule has 0 aliphatic carbocycles. The molecule has 2 aromatic rings. The lowest BCUT2D eigenvalue weighted by atomic mass is 10.2. The number of rotatable bonds is 6. The van der Waals surface area contributed by atoms with Gasteiger partial charge in [0.2, 0.25) is 5.91 Å². The first-order chi connectivity index (χ1) is 9.28. The molecule has 0 saturated carbocycles. The van der Waals surface area contributed by atoms with Gasteiger partial charge in [-0.25, -0.2) is 4.98 Å². The van der Waals surface area contributed by atoms with Crippen LogP contribution in [0.5, 0.6) is 5.75 Å². The second kappa shape index (κ2) is 6.58. The first-order valence-electron chi connectivity index (χ1n) is 6.28. The molecule has 1 aromatic carbocycles. The van der Waals surface area contributed by atoms with Crippen LogP contribution in [0.3, 0.4) is 0 Å². The Hall–Kier alpha value is -2.30. The fourth-order valence-corrected chi connectivity index (χ4v) is 1.69. The van der Waals surface area contributed by atoms with Crippen molar-refractivity contribution < 1.29 is 9.53 Å². The molecular formula is C14H17N3O2. The van der Waals surface area contributed by atoms with Gasteiger partial charge in [0.05, 0.1) is 12.9 Å². The predicted molar refractivity (Wildman–Crippen MR) is 73.1 cm³/mol. The zero-order valence-corrected chi connectivity index (χ0v) is 10.8. The summed E-state index contributed by atoms with van der Waals surface area (Å²) in [6.45, 7) is 2.57. The number of hydrogen-bond acceptors (Lipinski definition) is 3. The van der Waals surface area contributed by atoms with Gasteiger partial charge in [0, 0.05) is 24.0 Å². The number of aromatic amines is 1. The number of aryl methyl sites for hydroxylation is 1. The van der Waals surface area contributed by atoms with E-state index in [0.717, 1.165) is 17.1 Å². The van der Waals surface area contributed by atoms with Crippen LogP contribution < -0.4 is 10.1 Å². The Balaban J connectivity index is 1.81. The van der Waals surface area contributed by atoms with Gasteiger partial charge >= 0.3 is 0 Å². The summed E-state index contributed by atoms with van der Waals surface area (Å²) in [5.41, 5.74) is 1.74. The number of imidazole rings is 1. The summed E-state index contributed by atoms with van der Waals surface area (Å²) in [5, 5.41) is 2.84. The number of carbonyl (C=O) groups excluding carboxylic acids is 1. The molecule has 1 heterocycles. The number of hydrogen-bond donors (Lipinski definition) is 2. The summed E-state index contributed by atoms with van der Waals surface area (Å²) < 4.78 is 5.34. The molecule has 0 aliphatic rings. The molecular weight excluding hydrogens is 242 g/mol. The van der Waals surface area contributed by atoms with Gasteiger partial charge < -0.3 is 15.0 Å². The van der Waals surface area contributed by atoms with Crippen molar-refractivity contribution in [2.45, 2.75) is 19.8 Å². The molecule has 0 atom stereocenters. The summed E-state index contributed by atoms with van der Waals surface area (Å²) >= 11 is 0. The summed E-state index contributed by atoms with van der Waals surface area (Å²) in [6, 6.07) is 7.35. The van der Waals surface area contributed by atoms with Crippen LogP contribution in [0.25, 0.3) is 0 Å². The van der Waals surface area contributed by atoms with E-state index in [1.54, 1.807) is 12.5 Å². The first-order valence-corrected chi connectivity index (χ1v) is 6.28. The Labute approximate surface area is 112 Å². The van der Waals surface area contributed by atoms with Gasteiger partial charge in [-0.05, 0) is 37.6 Å². The zero-order valence-electron chi connectivity index (χ0n) is 10.8. The molecule has 0 spiro atoms. The van der Waals surface area contributed by atoms with Crippen molar-refractivity contribution in [3.63, 3.8) is 0 Å². The van der Waals surface area contributed by atoms with Gasteiger partial charge in [0.1, 0.15) is 5.75 Å². The molecule has 0 fully saturated rings. The van der Waals surface area contributed by atoms with Crippen molar-refractivity contribution in [3.05, 3.63) is 42.5 Å². The largest absolute Gasteiger partial charge is 0.494 e. The highest BCUT2D eigenvalue weighted by Gasteiger charge is 2.04. The highest BCUT2D eigenvalue weighted by molar-refractivity contribution is 5.90. The van der Waals surface area contributed by atoms with Gasteiger partial charge in [-0.15, -0.1) is 0 Å². The van der Waals surface area contributed by atoms with Gasteiger partial charge in [0.15, 0.2) is 0 Å². The number of amides is 1. The monoisotopic (exact) mass is 259 g/mol. The lowest BCUT2D eigenvalue weighted by molar-refractivity contribution is -0.116. The molecule has 0 aliphatic heterocycles. The molecule has 5 heteroatoms. The van der Waals surface area contributed by atoms with Gasteiger partial charge in [-0.1, -0.05) is 0 Å². The maximum Gasteiger partial charge on any atom is 0.224 e. The Morgan fingerprint density at radius 1 is 1.37 bits per heavy atom. The van der Waals surface area contributed by atoms with E-state index in [-0.39, 0.29) is 5.91 Å². The Bertz CT molecular complexity index is 506. The van der Waals surface area contributed by atoms with Gasteiger partial charge in [-0.3, -0.25) is 4.79 Å². The van der Waals surface area contributed by atoms with E-state index in [0.29, 0.717) is 19.4 Å². The van der Waals surface area contributed by atoms with Crippen LogP contribution in [-0.2, 0) is 11.2 Å². The summed E-state index contributed by atoms with van der Waals surface area (Å²) in [4.78, 5) is 18.6. The fourth-order valence-electron chi connectivity index (χ4n) is 1.69. The van der Waals surface area contributed by atoms with E-state index in [9.17, 15) is 4.79 Å². The molecule has 2 rings (SSSR count). The van der Waals surface area contributed by atoms with Crippen LogP contribution in [0.4, 0.5) is 5.69 Å². The third kappa shape index (κ3) is 4.13. The van der Waals surface area contributed by atoms with Gasteiger partial charge in [-0.2, -0.15) is 0 Å². The predicted octanol–water partition coefficient (Wildman–Crippen LogP) is 2.38. The standard InChI is InChI=1S/C14H17N3O2/c1-2-19-13-6-3-11(4-7-13)17-14(18)8-5-12-9-15-10-16-12/h3-4,6-7,9-10H,2,5,8H2,1H3,(H,15,16)(H,17,18). The summed E-state index contributed by atoms with van der Waals surface area (Å²) in [6.07, 6.45) is 4.42. The van der Waals surface area contributed by atoms with Gasteiger partial charge in [0.25, 0.3) is 0 Å². The topological polar surface area (TPSA) is 67.0 Å². The summed E-state index contributed by atoms with van der Waals surface area (Å²) in [5.74, 6) is 0.789. The number of anilines is 1. The minimum Gasteiger partial charge on any atom is -0.494 e. The number of ether oxygens (including phenoxy) is 1. The van der Waals surface area contributed by atoms with E-state index in [1.807, 2.05) is 31.2 Å². The maximum absolute atomic E-state index is 11.7. The molecule has 0 unspecified atom stereocenters. The fraction of sp³-hybridized carbons (Fsp3) is 0.286. The Kier molecular flexibility index (Phi) is 4.55. The number of aromatic nitrogens is 2. The number of benzene rings is 1. The molecule has 1 amide bonds. The zero-order chi connectivity index (χ0) is 13.5. The lowest BCUT2D eigenvalue weighted by Crippen LogP contribution is -2.12. The average molecular weight is 259 g/mol. The lowest BCUT2D eigenvalue weighted by Gasteiger charge is -2.06. The van der Waals surface area contributed by atoms with Crippen LogP contribution in [0.2, 0.25) is 0 Å². The van der Waals surface area contributed by atoms with E-state index in [1.165, 1.54) is 0 Å². The third-order valence-electron chi connectivity index (χ3n) is 2.63. The second-order valence-corrected chi connectivity index (χ2v) is 4.08. The van der Waals surface area contributed by atoms with E-state index >= 15 is 0 Å². The number of H-pyrrole nitrogens is 1. The molecule has 0 bridgehead atoms. The van der Waals surface area contributed by atoms with Crippen LogP contribution >= 0.6 is 0 Å². The van der Waals surface area contributed by atoms with E-state index < -0.39 is 0 Å². The van der Waals surface area contributed by atoms with Crippen LogP contribution in [-0.4, -0.2) is 22.5 Å². The second-order valence-electron chi connectivity index (χ2n) is 4.08. The van der Waals surface area contributed by atoms with Crippen molar-refractivity contribution >= 4 is 11.6 Å². The number of nitrogens with one attached hydrogen (secondary N) is 2. The van der Waals surface area contributed by atoms with Crippen LogP contribution in [0.15, 0.2) is 36.8 Å². The Morgan fingerprint density at radius 2 is 2.16 bits per heavy atom. The number of carbonyl (C=O) groups is 1. The molecule has 1 aromatic heterocycles. The smallest absolute Gasteiger partial charge is 0.224 e. The van der Waals surface area contributed by atoms with Crippen molar-refractivity contribution in [3.8, 4) is 5.75 Å². The minimum atomic E-state index is -0.0150. The molecule has 2 N–H and O–H groups in total. The van der Waals surface area contributed by atoms with E-state index in [2.05, 4.69) is 15.3 Å². The number of nitrogens with zero attached hydrogens (tertiary/aromatic N) is 1. The average Bonchev–Trinajstić information content (AvgIpc) is 2.92. The van der Waals surface area contributed by atoms with E-state index in [4.69, 9.17) is 4.74 Å². The molecule has 19 heavy (non-hydrogen) atoms. The molecule has 0 radical (unpaired) electrons. The van der Waals surface area contributed by atoms with Crippen molar-refractivity contribution in [2.24, 2.45) is 0 Å². The normalized spacial score (nSPS) is 10.2. The van der Waals surface area contributed by atoms with Crippen molar-refractivity contribution in [1.29, 1.82) is 0 Å². The molecule has 0 saturated heterocycles. The van der Waals surface area contributed by atoms with Crippen molar-refractivity contribution in [1.82, 2.24) is 9.97 Å². The third-order valence-corrected chi connectivity index (χ3v) is 2.63. The maximum atomic E-state index is 11.7. The van der Waals surface area contributed by atoms with Crippen molar-refractivity contribution in [2.75, 3.05) is 11.9 Å². The minimum absolute atomic E-state index is 0.0150. The highest BCUT2D eigenvalue weighted by atomic mass is 16.5. The molecule has 5 nitrogen and oxygen atoms in total. The quantitative estimate of drug-likeness (QED) is 0.837. The molecule has 100 valence electrons. The SMILES string of the molecule is CCOc1ccc(NC(=O)CCc2cnc[nH]2)cc1. The highest BCUT2D eigenvalue weighted by Crippen LogP contribution is 2.15. The Morgan fingerprint density at radius 3 is 2.79 bits per heavy atom. The van der Waals surface area contributed by atoms with Crippen LogP contribution in [0, 0.1) is 0 Å². The van der Waals surface area contributed by atoms with Crippen LogP contribution in [0.1, 0.15) is 19.0 Å².